The zero-order valence-electron chi connectivity index (χ0n) is 16.7. The molecule has 0 unspecified atom stereocenters. The molecule has 1 heterocycles. The van der Waals surface area contributed by atoms with Gasteiger partial charge in [0.1, 0.15) is 0 Å². The van der Waals surface area contributed by atoms with Gasteiger partial charge in [0.15, 0.2) is 4.80 Å². The second-order valence-electron chi connectivity index (χ2n) is 6.91. The third-order valence-electron chi connectivity index (χ3n) is 4.80. The Morgan fingerprint density at radius 1 is 0.933 bits per heavy atom. The first-order chi connectivity index (χ1) is 14.5. The summed E-state index contributed by atoms with van der Waals surface area (Å²) >= 11 is 1.48. The summed E-state index contributed by atoms with van der Waals surface area (Å²) in [7, 11) is 1.36. The first kappa shape index (κ1) is 19.8. The van der Waals surface area contributed by atoms with Crippen molar-refractivity contribution in [3.8, 4) is 0 Å². The average Bonchev–Trinajstić information content (AvgIpc) is 3.11. The van der Waals surface area contributed by atoms with Gasteiger partial charge in [-0.1, -0.05) is 53.3 Å². The monoisotopic (exact) mass is 416 g/mol. The lowest BCUT2D eigenvalue weighted by Gasteiger charge is -2.07. The Kier molecular flexibility index (Phi) is 5.59. The highest BCUT2D eigenvalue weighted by molar-refractivity contribution is 7.16. The minimum Gasteiger partial charge on any atom is -0.465 e. The van der Waals surface area contributed by atoms with Gasteiger partial charge in [0, 0.05) is 5.56 Å². The lowest BCUT2D eigenvalue weighted by Crippen LogP contribution is -2.18. The third kappa shape index (κ3) is 4.09. The molecule has 6 heteroatoms. The highest BCUT2D eigenvalue weighted by Gasteiger charge is 2.11. The number of ether oxygens (including phenoxy) is 1. The van der Waals surface area contributed by atoms with E-state index < -0.39 is 0 Å². The van der Waals surface area contributed by atoms with Crippen LogP contribution in [0.25, 0.3) is 10.2 Å². The average molecular weight is 417 g/mol. The number of amides is 1. The SMILES string of the molecule is COC(=O)c1ccc(Cn2c(=NC(=O)c3ccc(C)cc3)sc3ccccc32)cc1. The molecular formula is C24H20N2O3S. The number of aryl methyl sites for hydroxylation is 1. The number of esters is 1. The molecule has 150 valence electrons. The molecule has 0 aliphatic carbocycles. The maximum Gasteiger partial charge on any atom is 0.337 e. The fourth-order valence-electron chi connectivity index (χ4n) is 3.15. The summed E-state index contributed by atoms with van der Waals surface area (Å²) in [5.74, 6) is -0.633. The third-order valence-corrected chi connectivity index (χ3v) is 5.86. The maximum absolute atomic E-state index is 12.7. The second-order valence-corrected chi connectivity index (χ2v) is 7.92. The number of rotatable bonds is 4. The van der Waals surface area contributed by atoms with Crippen molar-refractivity contribution in [2.45, 2.75) is 13.5 Å². The van der Waals surface area contributed by atoms with Crippen molar-refractivity contribution in [2.24, 2.45) is 4.99 Å². The minimum absolute atomic E-state index is 0.267. The molecule has 0 saturated carbocycles. The van der Waals surface area contributed by atoms with Crippen LogP contribution in [0.3, 0.4) is 0 Å². The van der Waals surface area contributed by atoms with Crippen molar-refractivity contribution in [3.63, 3.8) is 0 Å². The van der Waals surface area contributed by atoms with Crippen molar-refractivity contribution in [1.82, 2.24) is 4.57 Å². The molecule has 0 bridgehead atoms. The Morgan fingerprint density at radius 3 is 2.30 bits per heavy atom. The molecule has 1 amide bonds. The topological polar surface area (TPSA) is 60.7 Å². The van der Waals surface area contributed by atoms with Crippen LogP contribution in [0.1, 0.15) is 31.8 Å². The summed E-state index contributed by atoms with van der Waals surface area (Å²) in [6.07, 6.45) is 0. The van der Waals surface area contributed by atoms with Gasteiger partial charge in [0.2, 0.25) is 0 Å². The van der Waals surface area contributed by atoms with Crippen LogP contribution in [0.2, 0.25) is 0 Å². The summed E-state index contributed by atoms with van der Waals surface area (Å²) in [6, 6.07) is 22.6. The van der Waals surface area contributed by atoms with Gasteiger partial charge in [-0.25, -0.2) is 4.79 Å². The number of hydrogen-bond donors (Lipinski definition) is 0. The predicted octanol–water partition coefficient (Wildman–Crippen LogP) is 4.59. The number of aromatic nitrogens is 1. The number of benzene rings is 3. The molecule has 0 spiro atoms. The Balaban J connectivity index is 1.74. The molecular weight excluding hydrogens is 396 g/mol. The first-order valence-electron chi connectivity index (χ1n) is 9.46. The van der Waals surface area contributed by atoms with E-state index in [1.807, 2.05) is 60.0 Å². The van der Waals surface area contributed by atoms with E-state index in [0.29, 0.717) is 22.5 Å². The molecule has 0 radical (unpaired) electrons. The largest absolute Gasteiger partial charge is 0.465 e. The minimum atomic E-state index is -0.366. The van der Waals surface area contributed by atoms with Gasteiger partial charge < -0.3 is 9.30 Å². The summed E-state index contributed by atoms with van der Waals surface area (Å²) in [4.78, 5) is 29.5. The number of methoxy groups -OCH3 is 1. The van der Waals surface area contributed by atoms with Gasteiger partial charge in [0.25, 0.3) is 5.91 Å². The second kappa shape index (κ2) is 8.47. The van der Waals surface area contributed by atoms with Crippen LogP contribution in [0, 0.1) is 6.92 Å². The van der Waals surface area contributed by atoms with Gasteiger partial charge in [0.05, 0.1) is 29.4 Å². The van der Waals surface area contributed by atoms with Crippen LogP contribution in [-0.4, -0.2) is 23.6 Å². The van der Waals surface area contributed by atoms with Crippen LogP contribution in [0.5, 0.6) is 0 Å². The number of carbonyl (C=O) groups is 2. The number of thiazole rings is 1. The summed E-state index contributed by atoms with van der Waals surface area (Å²) < 4.78 is 7.84. The Bertz CT molecular complexity index is 1280. The zero-order chi connectivity index (χ0) is 21.1. The molecule has 0 atom stereocenters. The van der Waals surface area contributed by atoms with Crippen molar-refractivity contribution in [2.75, 3.05) is 7.11 Å². The number of hydrogen-bond acceptors (Lipinski definition) is 4. The molecule has 0 aliphatic heterocycles. The fraction of sp³-hybridized carbons (Fsp3) is 0.125. The highest BCUT2D eigenvalue weighted by atomic mass is 32.1. The van der Waals surface area contributed by atoms with Gasteiger partial charge in [-0.05, 0) is 48.9 Å². The van der Waals surface area contributed by atoms with E-state index in [9.17, 15) is 9.59 Å². The highest BCUT2D eigenvalue weighted by Crippen LogP contribution is 2.19. The molecule has 0 fully saturated rings. The smallest absolute Gasteiger partial charge is 0.337 e. The molecule has 1 aromatic heterocycles. The summed E-state index contributed by atoms with van der Waals surface area (Å²) in [5, 5.41) is 0. The molecule has 4 aromatic rings. The van der Waals surface area contributed by atoms with Crippen molar-refractivity contribution in [1.29, 1.82) is 0 Å². The fourth-order valence-corrected chi connectivity index (χ4v) is 4.18. The molecule has 5 nitrogen and oxygen atoms in total. The van der Waals surface area contributed by atoms with Crippen LogP contribution in [-0.2, 0) is 11.3 Å². The lowest BCUT2D eigenvalue weighted by molar-refractivity contribution is 0.0600. The molecule has 30 heavy (non-hydrogen) atoms. The van der Waals surface area contributed by atoms with Crippen LogP contribution in [0.15, 0.2) is 77.8 Å². The number of fused-ring (bicyclic) bond motifs is 1. The van der Waals surface area contributed by atoms with Crippen LogP contribution < -0.4 is 4.80 Å². The molecule has 4 rings (SSSR count). The van der Waals surface area contributed by atoms with Crippen LogP contribution >= 0.6 is 11.3 Å². The first-order valence-corrected chi connectivity index (χ1v) is 10.3. The Morgan fingerprint density at radius 2 is 1.60 bits per heavy atom. The Hall–Kier alpha value is -3.51. The van der Waals surface area contributed by atoms with E-state index >= 15 is 0 Å². The van der Waals surface area contributed by atoms with Crippen molar-refractivity contribution >= 4 is 33.4 Å². The van der Waals surface area contributed by atoms with E-state index in [1.165, 1.54) is 18.4 Å². The quantitative estimate of drug-likeness (QED) is 0.457. The molecule has 0 saturated heterocycles. The summed E-state index contributed by atoms with van der Waals surface area (Å²) in [5.41, 5.74) is 4.16. The van der Waals surface area contributed by atoms with Crippen molar-refractivity contribution < 1.29 is 14.3 Å². The van der Waals surface area contributed by atoms with Crippen molar-refractivity contribution in [3.05, 3.63) is 99.9 Å². The lowest BCUT2D eigenvalue weighted by atomic mass is 10.1. The van der Waals surface area contributed by atoms with Gasteiger partial charge in [-0.3, -0.25) is 4.79 Å². The number of para-hydroxylation sites is 1. The standard InChI is InChI=1S/C24H20N2O3S/c1-16-7-11-18(12-8-16)22(27)25-24-26(20-5-3-4-6-21(20)30-24)15-17-9-13-19(14-10-17)23(28)29-2/h3-14H,15H2,1-2H3. The zero-order valence-corrected chi connectivity index (χ0v) is 17.5. The van der Waals surface area contributed by atoms with E-state index in [2.05, 4.69) is 4.99 Å². The molecule has 0 N–H and O–H groups in total. The maximum atomic E-state index is 12.7. The van der Waals surface area contributed by atoms with Crippen LogP contribution in [0.4, 0.5) is 0 Å². The van der Waals surface area contributed by atoms with E-state index in [0.717, 1.165) is 21.3 Å². The molecule has 3 aromatic carbocycles. The van der Waals surface area contributed by atoms with Gasteiger partial charge in [-0.15, -0.1) is 0 Å². The van der Waals surface area contributed by atoms with Gasteiger partial charge in [-0.2, -0.15) is 4.99 Å². The Labute approximate surface area is 177 Å². The predicted molar refractivity (Wildman–Crippen MR) is 118 cm³/mol. The molecule has 0 aliphatic rings. The van der Waals surface area contributed by atoms with E-state index in [4.69, 9.17) is 4.74 Å². The summed E-state index contributed by atoms with van der Waals surface area (Å²) in [6.45, 7) is 2.52. The normalized spacial score (nSPS) is 11.6. The number of carbonyl (C=O) groups excluding carboxylic acids is 2. The number of nitrogens with zero attached hydrogens (tertiary/aromatic N) is 2. The van der Waals surface area contributed by atoms with E-state index in [1.54, 1.807) is 24.3 Å². The van der Waals surface area contributed by atoms with Gasteiger partial charge >= 0.3 is 5.97 Å². The van der Waals surface area contributed by atoms with E-state index in [-0.39, 0.29) is 11.9 Å².